The summed E-state index contributed by atoms with van der Waals surface area (Å²) in [5.74, 6) is -2.92. The predicted molar refractivity (Wildman–Crippen MR) is 115 cm³/mol. The zero-order valence-electron chi connectivity index (χ0n) is 17.7. The maximum Gasteiger partial charge on any atom is 0.435 e. The largest absolute Gasteiger partial charge is 0.545 e. The van der Waals surface area contributed by atoms with E-state index < -0.39 is 34.3 Å². The van der Waals surface area contributed by atoms with E-state index in [0.717, 1.165) is 18.2 Å². The summed E-state index contributed by atoms with van der Waals surface area (Å²) in [7, 11) is 0. The van der Waals surface area contributed by atoms with Crippen molar-refractivity contribution in [2.75, 3.05) is 5.01 Å². The number of carbonyl (C=O) groups is 2. The third-order valence-corrected chi connectivity index (χ3v) is 5.00. The van der Waals surface area contributed by atoms with Crippen molar-refractivity contribution in [2.45, 2.75) is 13.1 Å². The molecule has 0 aliphatic carbocycles. The summed E-state index contributed by atoms with van der Waals surface area (Å²) in [5, 5.41) is 26.3. The molecule has 35 heavy (non-hydrogen) atoms. The van der Waals surface area contributed by atoms with E-state index in [9.17, 15) is 38.0 Å². The summed E-state index contributed by atoms with van der Waals surface area (Å²) in [6, 6.07) is 11.5. The molecular formula is C23H13F3N3O6-. The molecule has 178 valence electrons. The van der Waals surface area contributed by atoms with E-state index in [2.05, 4.69) is 5.10 Å². The molecule has 0 saturated carbocycles. The van der Waals surface area contributed by atoms with Crippen LogP contribution in [0.3, 0.4) is 0 Å². The fraction of sp³-hybridized carbons (Fsp3) is 0.0870. The first kappa shape index (κ1) is 23.4. The normalized spacial score (nSPS) is 15.0. The number of aromatic carboxylic acids is 1. The molecule has 9 nitrogen and oxygen atoms in total. The van der Waals surface area contributed by atoms with Crippen molar-refractivity contribution in [3.63, 3.8) is 0 Å². The molecule has 1 amide bonds. The molecule has 0 unspecified atom stereocenters. The number of nitro groups is 1. The third-order valence-electron chi connectivity index (χ3n) is 5.00. The van der Waals surface area contributed by atoms with Gasteiger partial charge in [-0.05, 0) is 54.5 Å². The molecule has 0 saturated heterocycles. The molecule has 0 atom stereocenters. The third kappa shape index (κ3) is 4.53. The van der Waals surface area contributed by atoms with Gasteiger partial charge >= 0.3 is 6.18 Å². The van der Waals surface area contributed by atoms with Crippen LogP contribution in [0.25, 0.3) is 17.4 Å². The Morgan fingerprint density at radius 1 is 1.14 bits per heavy atom. The van der Waals surface area contributed by atoms with Crippen LogP contribution >= 0.6 is 0 Å². The zero-order valence-corrected chi connectivity index (χ0v) is 17.7. The number of anilines is 1. The van der Waals surface area contributed by atoms with Gasteiger partial charge in [0.05, 0.1) is 27.7 Å². The van der Waals surface area contributed by atoms with Crippen LogP contribution in [0.2, 0.25) is 0 Å². The van der Waals surface area contributed by atoms with E-state index in [1.807, 2.05) is 0 Å². The Morgan fingerprint density at radius 3 is 2.54 bits per heavy atom. The summed E-state index contributed by atoms with van der Waals surface area (Å²) >= 11 is 0. The van der Waals surface area contributed by atoms with E-state index in [1.54, 1.807) is 13.0 Å². The minimum absolute atomic E-state index is 0.0120. The van der Waals surface area contributed by atoms with Gasteiger partial charge in [-0.25, -0.2) is 0 Å². The molecule has 2 heterocycles. The van der Waals surface area contributed by atoms with Gasteiger partial charge in [0.1, 0.15) is 11.5 Å². The first-order chi connectivity index (χ1) is 16.5. The molecule has 12 heteroatoms. The Morgan fingerprint density at radius 2 is 1.89 bits per heavy atom. The summed E-state index contributed by atoms with van der Waals surface area (Å²) in [4.78, 5) is 34.7. The first-order valence-electron chi connectivity index (χ1n) is 9.84. The average molecular weight is 484 g/mol. The lowest BCUT2D eigenvalue weighted by molar-refractivity contribution is -0.384. The topological polar surface area (TPSA) is 129 Å². The van der Waals surface area contributed by atoms with Crippen molar-refractivity contribution >= 4 is 35.0 Å². The van der Waals surface area contributed by atoms with Gasteiger partial charge in [-0.15, -0.1) is 0 Å². The van der Waals surface area contributed by atoms with Crippen LogP contribution in [-0.4, -0.2) is 28.7 Å². The van der Waals surface area contributed by atoms with E-state index in [1.165, 1.54) is 36.4 Å². The minimum atomic E-state index is -5.02. The summed E-state index contributed by atoms with van der Waals surface area (Å²) in [5.41, 5.74) is -2.46. The van der Waals surface area contributed by atoms with Crippen molar-refractivity contribution in [2.24, 2.45) is 5.10 Å². The molecule has 1 aliphatic rings. The number of hydrogen-bond acceptors (Lipinski definition) is 7. The highest BCUT2D eigenvalue weighted by Crippen LogP contribution is 2.35. The number of nitro benzene ring substituents is 1. The Bertz CT molecular complexity index is 1440. The van der Waals surface area contributed by atoms with Gasteiger partial charge < -0.3 is 14.3 Å². The van der Waals surface area contributed by atoms with E-state index in [0.29, 0.717) is 10.6 Å². The number of nitrogens with zero attached hydrogens (tertiary/aromatic N) is 3. The SMILES string of the molecule is Cc1ccc(-c2ccc(/C=C3/C(=O)N(c4cccc(C(=O)[O-])c4)N=C3C(F)(F)F)o2)c([N+](=O)[O-])c1. The van der Waals surface area contributed by atoms with Crippen molar-refractivity contribution in [1.29, 1.82) is 0 Å². The number of alkyl halides is 3. The van der Waals surface area contributed by atoms with Crippen molar-refractivity contribution < 1.29 is 37.2 Å². The fourth-order valence-corrected chi connectivity index (χ4v) is 3.41. The standard InChI is InChI=1S/C23H14F3N3O6/c1-12-5-7-16(18(9-12)29(33)34)19-8-6-15(35-19)11-17-20(23(24,25)26)27-28(21(17)30)14-4-2-3-13(10-14)22(31)32/h2-11H,1H3,(H,31,32)/p-1/b17-11+. The van der Waals surface area contributed by atoms with Gasteiger partial charge in [-0.3, -0.25) is 14.9 Å². The average Bonchev–Trinajstić information content (AvgIpc) is 3.38. The molecular weight excluding hydrogens is 471 g/mol. The highest BCUT2D eigenvalue weighted by molar-refractivity contribution is 6.34. The lowest BCUT2D eigenvalue weighted by Gasteiger charge is -2.13. The van der Waals surface area contributed by atoms with Crippen LogP contribution in [0, 0.1) is 17.0 Å². The van der Waals surface area contributed by atoms with Gasteiger partial charge in [-0.2, -0.15) is 23.3 Å². The number of hydrazone groups is 1. The molecule has 1 aromatic heterocycles. The number of benzene rings is 2. The quantitative estimate of drug-likeness (QED) is 0.307. The van der Waals surface area contributed by atoms with Crippen LogP contribution in [0.1, 0.15) is 21.7 Å². The second-order valence-electron chi connectivity index (χ2n) is 7.44. The first-order valence-corrected chi connectivity index (χ1v) is 9.84. The summed E-state index contributed by atoms with van der Waals surface area (Å²) < 4.78 is 46.5. The summed E-state index contributed by atoms with van der Waals surface area (Å²) in [6.45, 7) is 1.66. The minimum Gasteiger partial charge on any atom is -0.545 e. The molecule has 4 rings (SSSR count). The number of carbonyl (C=O) groups excluding carboxylic acids is 2. The number of aryl methyl sites for hydroxylation is 1. The second-order valence-corrected chi connectivity index (χ2v) is 7.44. The van der Waals surface area contributed by atoms with Gasteiger partial charge in [0.2, 0.25) is 0 Å². The van der Waals surface area contributed by atoms with E-state index in [4.69, 9.17) is 4.42 Å². The zero-order chi connectivity index (χ0) is 25.5. The Balaban J connectivity index is 1.75. The van der Waals surface area contributed by atoms with Crippen LogP contribution < -0.4 is 10.1 Å². The number of halogens is 3. The van der Waals surface area contributed by atoms with Crippen molar-refractivity contribution in [1.82, 2.24) is 0 Å². The Labute approximate surface area is 194 Å². The maximum absolute atomic E-state index is 13.7. The Kier molecular flexibility index (Phi) is 5.73. The van der Waals surface area contributed by atoms with Gasteiger partial charge in [0, 0.05) is 6.07 Å². The molecule has 0 spiro atoms. The predicted octanol–water partition coefficient (Wildman–Crippen LogP) is 3.88. The molecule has 0 bridgehead atoms. The number of carboxylic acid groups (broad SMARTS) is 1. The van der Waals surface area contributed by atoms with E-state index >= 15 is 0 Å². The lowest BCUT2D eigenvalue weighted by Crippen LogP contribution is -2.26. The maximum atomic E-state index is 13.7. The van der Waals surface area contributed by atoms with Crippen LogP contribution in [0.5, 0.6) is 0 Å². The van der Waals surface area contributed by atoms with Crippen molar-refractivity contribution in [3.8, 4) is 11.3 Å². The van der Waals surface area contributed by atoms with Gasteiger partial charge in [0.15, 0.2) is 5.71 Å². The number of furan rings is 1. The molecule has 1 aliphatic heterocycles. The highest BCUT2D eigenvalue weighted by Gasteiger charge is 2.47. The summed E-state index contributed by atoms with van der Waals surface area (Å²) in [6.07, 6.45) is -4.20. The fourth-order valence-electron chi connectivity index (χ4n) is 3.41. The molecule has 2 aromatic carbocycles. The van der Waals surface area contributed by atoms with Crippen LogP contribution in [0.4, 0.5) is 24.5 Å². The molecule has 0 fully saturated rings. The number of hydrogen-bond donors (Lipinski definition) is 0. The Hall–Kier alpha value is -4.74. The van der Waals surface area contributed by atoms with Crippen LogP contribution in [0.15, 0.2) is 69.7 Å². The molecule has 0 N–H and O–H groups in total. The number of carboxylic acids is 1. The van der Waals surface area contributed by atoms with Gasteiger partial charge in [0.25, 0.3) is 11.6 Å². The van der Waals surface area contributed by atoms with E-state index in [-0.39, 0.29) is 34.0 Å². The smallest absolute Gasteiger partial charge is 0.435 e. The number of rotatable bonds is 5. The van der Waals surface area contributed by atoms with Crippen LogP contribution in [-0.2, 0) is 4.79 Å². The second kappa shape index (κ2) is 8.56. The highest BCUT2D eigenvalue weighted by atomic mass is 19.4. The van der Waals surface area contributed by atoms with Crippen molar-refractivity contribution in [3.05, 3.63) is 87.2 Å². The molecule has 3 aromatic rings. The lowest BCUT2D eigenvalue weighted by atomic mass is 10.1. The number of amides is 1. The molecule has 0 radical (unpaired) electrons. The monoisotopic (exact) mass is 484 g/mol. The van der Waals surface area contributed by atoms with Gasteiger partial charge in [-0.1, -0.05) is 18.2 Å².